The number of anilines is 1. The van der Waals surface area contributed by atoms with Gasteiger partial charge in [-0.15, -0.1) is 0 Å². The largest absolute Gasteiger partial charge is 0.491 e. The van der Waals surface area contributed by atoms with Gasteiger partial charge in [0.05, 0.1) is 29.5 Å². The third-order valence-corrected chi connectivity index (χ3v) is 4.15. The van der Waals surface area contributed by atoms with Gasteiger partial charge in [0.15, 0.2) is 0 Å². The van der Waals surface area contributed by atoms with Gasteiger partial charge in [0.25, 0.3) is 5.56 Å². The molecule has 1 aliphatic rings. The number of hydrogen-bond donors (Lipinski definition) is 2. The Hall–Kier alpha value is -2.08. The van der Waals surface area contributed by atoms with E-state index in [1.165, 1.54) is 19.2 Å². The number of aromatic nitrogens is 2. The van der Waals surface area contributed by atoms with E-state index in [9.17, 15) is 4.79 Å². The zero-order chi connectivity index (χ0) is 14.8. The van der Waals surface area contributed by atoms with Crippen molar-refractivity contribution in [2.75, 3.05) is 25.9 Å². The number of nitrogens with two attached hydrogens (primary N) is 1. The second-order valence-corrected chi connectivity index (χ2v) is 5.55. The molecule has 1 unspecified atom stereocenters. The minimum atomic E-state index is -0.189. The molecule has 1 aromatic carbocycles. The smallest absolute Gasteiger partial charge is 0.258 e. The minimum Gasteiger partial charge on any atom is -0.491 e. The highest BCUT2D eigenvalue weighted by Gasteiger charge is 2.20. The zero-order valence-electron chi connectivity index (χ0n) is 12.1. The lowest BCUT2D eigenvalue weighted by molar-refractivity contribution is 0.234. The first kappa shape index (κ1) is 13.9. The van der Waals surface area contributed by atoms with Gasteiger partial charge in [-0.3, -0.25) is 4.79 Å². The van der Waals surface area contributed by atoms with E-state index in [0.29, 0.717) is 35.0 Å². The van der Waals surface area contributed by atoms with Crippen molar-refractivity contribution in [1.29, 1.82) is 0 Å². The van der Waals surface area contributed by atoms with Crippen LogP contribution in [0.2, 0.25) is 0 Å². The second-order valence-electron chi connectivity index (χ2n) is 5.55. The third kappa shape index (κ3) is 2.85. The molecule has 3 rings (SSSR count). The standard InChI is InChI=1S/C15H20N4O2/c1-19-5-2-3-10(19)4-6-21-14-8-13-11(7-12(14)16)15(20)18-9-17-13/h7-10H,2-6,16H2,1H3,(H,17,18,20). The Morgan fingerprint density at radius 1 is 1.52 bits per heavy atom. The molecule has 2 aromatic rings. The molecule has 0 spiro atoms. The van der Waals surface area contributed by atoms with Crippen molar-refractivity contribution in [2.45, 2.75) is 25.3 Å². The first-order chi connectivity index (χ1) is 10.1. The summed E-state index contributed by atoms with van der Waals surface area (Å²) in [7, 11) is 2.15. The van der Waals surface area contributed by atoms with Gasteiger partial charge in [0.2, 0.25) is 0 Å². The lowest BCUT2D eigenvalue weighted by Crippen LogP contribution is -2.26. The molecule has 21 heavy (non-hydrogen) atoms. The van der Waals surface area contributed by atoms with Gasteiger partial charge >= 0.3 is 0 Å². The van der Waals surface area contributed by atoms with E-state index in [1.807, 2.05) is 0 Å². The lowest BCUT2D eigenvalue weighted by atomic mass is 10.1. The first-order valence-electron chi connectivity index (χ1n) is 7.25. The number of H-pyrrole nitrogens is 1. The molecule has 1 atom stereocenters. The summed E-state index contributed by atoms with van der Waals surface area (Å²) in [5, 5.41) is 0.484. The summed E-state index contributed by atoms with van der Waals surface area (Å²) in [6.07, 6.45) is 4.85. The molecule has 6 nitrogen and oxygen atoms in total. The van der Waals surface area contributed by atoms with Crippen LogP contribution < -0.4 is 16.0 Å². The zero-order valence-corrected chi connectivity index (χ0v) is 12.1. The summed E-state index contributed by atoms with van der Waals surface area (Å²) in [6.45, 7) is 1.78. The van der Waals surface area contributed by atoms with Crippen LogP contribution in [0.4, 0.5) is 5.69 Å². The van der Waals surface area contributed by atoms with Crippen LogP contribution in [0.5, 0.6) is 5.75 Å². The SMILES string of the molecule is CN1CCCC1CCOc1cc2nc[nH]c(=O)c2cc1N. The number of nitrogen functional groups attached to an aromatic ring is 1. The van der Waals surface area contributed by atoms with Gasteiger partial charge in [-0.2, -0.15) is 0 Å². The van der Waals surface area contributed by atoms with Crippen LogP contribution in [0.3, 0.4) is 0 Å². The molecule has 0 amide bonds. The number of ether oxygens (including phenoxy) is 1. The molecule has 112 valence electrons. The molecule has 6 heteroatoms. The predicted octanol–water partition coefficient (Wildman–Crippen LogP) is 1.37. The molecule has 0 radical (unpaired) electrons. The number of likely N-dealkylation sites (tertiary alicyclic amines) is 1. The molecule has 1 saturated heterocycles. The van der Waals surface area contributed by atoms with Crippen LogP contribution in [0, 0.1) is 0 Å². The molecule has 1 aliphatic heterocycles. The summed E-state index contributed by atoms with van der Waals surface area (Å²) in [5.74, 6) is 0.598. The topological polar surface area (TPSA) is 84.2 Å². The number of nitrogens with one attached hydrogen (secondary N) is 1. The van der Waals surface area contributed by atoms with Gasteiger partial charge in [0.1, 0.15) is 5.75 Å². The lowest BCUT2D eigenvalue weighted by Gasteiger charge is -2.19. The third-order valence-electron chi connectivity index (χ3n) is 4.15. The van der Waals surface area contributed by atoms with E-state index in [-0.39, 0.29) is 5.56 Å². The molecule has 3 N–H and O–H groups in total. The Kier molecular flexibility index (Phi) is 3.79. The maximum absolute atomic E-state index is 11.7. The van der Waals surface area contributed by atoms with Crippen molar-refractivity contribution in [3.05, 3.63) is 28.8 Å². The van der Waals surface area contributed by atoms with Crippen LogP contribution in [-0.4, -0.2) is 41.1 Å². The number of aromatic amines is 1. The van der Waals surface area contributed by atoms with E-state index >= 15 is 0 Å². The first-order valence-corrected chi connectivity index (χ1v) is 7.25. The fourth-order valence-corrected chi connectivity index (χ4v) is 2.89. The van der Waals surface area contributed by atoms with Crippen LogP contribution in [-0.2, 0) is 0 Å². The van der Waals surface area contributed by atoms with Crippen molar-refractivity contribution in [3.8, 4) is 5.75 Å². The highest BCUT2D eigenvalue weighted by molar-refractivity contribution is 5.84. The summed E-state index contributed by atoms with van der Waals surface area (Å²) in [4.78, 5) is 20.7. The number of benzene rings is 1. The maximum atomic E-state index is 11.7. The minimum absolute atomic E-state index is 0.189. The Labute approximate surface area is 122 Å². The van der Waals surface area contributed by atoms with Gasteiger partial charge in [0, 0.05) is 12.1 Å². The highest BCUT2D eigenvalue weighted by Crippen LogP contribution is 2.26. The Bertz CT molecular complexity index is 698. The molecule has 2 heterocycles. The van der Waals surface area contributed by atoms with Crippen molar-refractivity contribution >= 4 is 16.6 Å². The van der Waals surface area contributed by atoms with Gasteiger partial charge in [-0.05, 0) is 38.9 Å². The summed E-state index contributed by atoms with van der Waals surface area (Å²) in [5.41, 5.74) is 6.84. The van der Waals surface area contributed by atoms with Gasteiger partial charge in [-0.25, -0.2) is 4.98 Å². The average Bonchev–Trinajstić information content (AvgIpc) is 2.86. The van der Waals surface area contributed by atoms with E-state index in [4.69, 9.17) is 10.5 Å². The quantitative estimate of drug-likeness (QED) is 0.830. The summed E-state index contributed by atoms with van der Waals surface area (Å²) < 4.78 is 5.79. The summed E-state index contributed by atoms with van der Waals surface area (Å²) >= 11 is 0. The van der Waals surface area contributed by atoms with Crippen LogP contribution in [0.25, 0.3) is 10.9 Å². The molecule has 1 fully saturated rings. The van der Waals surface area contributed by atoms with Crippen molar-refractivity contribution in [2.24, 2.45) is 0 Å². The van der Waals surface area contributed by atoms with Crippen LogP contribution >= 0.6 is 0 Å². The normalized spacial score (nSPS) is 19.2. The summed E-state index contributed by atoms with van der Waals surface area (Å²) in [6, 6.07) is 3.95. The van der Waals surface area contributed by atoms with Crippen molar-refractivity contribution in [3.63, 3.8) is 0 Å². The van der Waals surface area contributed by atoms with E-state index < -0.39 is 0 Å². The maximum Gasteiger partial charge on any atom is 0.258 e. The van der Waals surface area contributed by atoms with Gasteiger partial charge < -0.3 is 20.4 Å². The number of fused-ring (bicyclic) bond motifs is 1. The van der Waals surface area contributed by atoms with Crippen LogP contribution in [0.1, 0.15) is 19.3 Å². The Morgan fingerprint density at radius 3 is 3.14 bits per heavy atom. The van der Waals surface area contributed by atoms with Gasteiger partial charge in [-0.1, -0.05) is 0 Å². The molecule has 0 bridgehead atoms. The molecular formula is C15H20N4O2. The molecule has 0 aliphatic carbocycles. The van der Waals surface area contributed by atoms with Crippen molar-refractivity contribution < 1.29 is 4.74 Å². The molecule has 0 saturated carbocycles. The number of hydrogen-bond acceptors (Lipinski definition) is 5. The van der Waals surface area contributed by atoms with Crippen LogP contribution in [0.15, 0.2) is 23.3 Å². The van der Waals surface area contributed by atoms with E-state index in [1.54, 1.807) is 12.1 Å². The molecule has 1 aromatic heterocycles. The predicted molar refractivity (Wildman–Crippen MR) is 82.5 cm³/mol. The number of rotatable bonds is 4. The second kappa shape index (κ2) is 5.73. The monoisotopic (exact) mass is 288 g/mol. The van der Waals surface area contributed by atoms with E-state index in [0.717, 1.165) is 13.0 Å². The highest BCUT2D eigenvalue weighted by atomic mass is 16.5. The van der Waals surface area contributed by atoms with E-state index in [2.05, 4.69) is 21.9 Å². The molecular weight excluding hydrogens is 268 g/mol. The Balaban J connectivity index is 1.72. The average molecular weight is 288 g/mol. The Morgan fingerprint density at radius 2 is 2.38 bits per heavy atom. The fraction of sp³-hybridized carbons (Fsp3) is 0.467. The fourth-order valence-electron chi connectivity index (χ4n) is 2.89. The number of nitrogens with zero attached hydrogens (tertiary/aromatic N) is 2. The van der Waals surface area contributed by atoms with Crippen molar-refractivity contribution in [1.82, 2.24) is 14.9 Å².